The summed E-state index contributed by atoms with van der Waals surface area (Å²) in [6.45, 7) is 6.01. The van der Waals surface area contributed by atoms with E-state index in [0.29, 0.717) is 0 Å². The van der Waals surface area contributed by atoms with Crippen LogP contribution in [0.25, 0.3) is 11.0 Å². The molecule has 15 heavy (non-hydrogen) atoms. The van der Waals surface area contributed by atoms with E-state index in [4.69, 9.17) is 0 Å². The minimum atomic E-state index is -0.0728. The third-order valence-corrected chi connectivity index (χ3v) is 2.14. The van der Waals surface area contributed by atoms with Gasteiger partial charge in [-0.25, -0.2) is 4.98 Å². The van der Waals surface area contributed by atoms with Gasteiger partial charge in [-0.1, -0.05) is 19.9 Å². The summed E-state index contributed by atoms with van der Waals surface area (Å²) in [5.41, 5.74) is 2.82. The summed E-state index contributed by atoms with van der Waals surface area (Å²) in [6, 6.07) is 5.86. The first kappa shape index (κ1) is 11.4. The molecule has 0 N–H and O–H groups in total. The Kier molecular flexibility index (Phi) is 3.61. The van der Waals surface area contributed by atoms with E-state index in [2.05, 4.69) is 4.98 Å². The minimum absolute atomic E-state index is 0.0728. The maximum absolute atomic E-state index is 11.2. The quantitative estimate of drug-likeness (QED) is 0.659. The molecule has 80 valence electrons. The van der Waals surface area contributed by atoms with Gasteiger partial charge in [0, 0.05) is 7.05 Å². The maximum atomic E-state index is 11.2. The van der Waals surface area contributed by atoms with Gasteiger partial charge < -0.3 is 4.57 Å². The Morgan fingerprint density at radius 1 is 1.27 bits per heavy atom. The van der Waals surface area contributed by atoms with Crippen LogP contribution in [0.4, 0.5) is 0 Å². The number of benzene rings is 1. The van der Waals surface area contributed by atoms with Crippen LogP contribution < -0.4 is 5.56 Å². The number of nitrogens with zero attached hydrogens (tertiary/aromatic N) is 2. The Bertz CT molecular complexity index is 515. The molecule has 0 bridgehead atoms. The van der Waals surface area contributed by atoms with Crippen LogP contribution >= 0.6 is 0 Å². The van der Waals surface area contributed by atoms with E-state index in [-0.39, 0.29) is 5.56 Å². The van der Waals surface area contributed by atoms with Gasteiger partial charge in [0.25, 0.3) is 5.56 Å². The summed E-state index contributed by atoms with van der Waals surface area (Å²) < 4.78 is 1.60. The summed E-state index contributed by atoms with van der Waals surface area (Å²) in [5, 5.41) is 0. The molecule has 1 aromatic carbocycles. The molecule has 2 aromatic rings. The lowest BCUT2D eigenvalue weighted by Gasteiger charge is -2.03. The number of rotatable bonds is 0. The molecule has 0 fully saturated rings. The van der Waals surface area contributed by atoms with E-state index >= 15 is 0 Å². The predicted molar refractivity (Wildman–Crippen MR) is 63.1 cm³/mol. The molecular formula is C12H16N2O. The minimum Gasteiger partial charge on any atom is -0.309 e. The molecule has 2 rings (SSSR count). The van der Waals surface area contributed by atoms with Crippen molar-refractivity contribution >= 4 is 11.0 Å². The zero-order chi connectivity index (χ0) is 11.4. The summed E-state index contributed by atoms with van der Waals surface area (Å²) in [5.74, 6) is 0. The zero-order valence-corrected chi connectivity index (χ0v) is 9.61. The lowest BCUT2D eigenvalue weighted by Crippen LogP contribution is -2.16. The van der Waals surface area contributed by atoms with Crippen molar-refractivity contribution in [1.82, 2.24) is 9.55 Å². The number of hydrogen-bond donors (Lipinski definition) is 0. The number of aromatic nitrogens is 2. The predicted octanol–water partition coefficient (Wildman–Crippen LogP) is 2.27. The topological polar surface area (TPSA) is 34.9 Å². The first-order valence-electron chi connectivity index (χ1n) is 5.11. The van der Waals surface area contributed by atoms with Crippen LogP contribution in [0.3, 0.4) is 0 Å². The van der Waals surface area contributed by atoms with Gasteiger partial charge in [-0.2, -0.15) is 0 Å². The summed E-state index contributed by atoms with van der Waals surface area (Å²) in [4.78, 5) is 15.3. The van der Waals surface area contributed by atoms with Gasteiger partial charge in [0.05, 0.1) is 17.2 Å². The summed E-state index contributed by atoms with van der Waals surface area (Å²) >= 11 is 0. The van der Waals surface area contributed by atoms with E-state index in [1.54, 1.807) is 11.6 Å². The molecule has 0 saturated carbocycles. The molecule has 0 spiro atoms. The summed E-state index contributed by atoms with van der Waals surface area (Å²) in [7, 11) is 1.75. The Labute approximate surface area is 89.4 Å². The average Bonchev–Trinajstić information content (AvgIpc) is 2.26. The Morgan fingerprint density at radius 2 is 1.93 bits per heavy atom. The van der Waals surface area contributed by atoms with Gasteiger partial charge in [-0.3, -0.25) is 4.79 Å². The zero-order valence-electron chi connectivity index (χ0n) is 9.61. The molecule has 1 heterocycles. The monoisotopic (exact) mass is 204 g/mol. The van der Waals surface area contributed by atoms with Crippen LogP contribution in [-0.2, 0) is 7.05 Å². The number of fused-ring (bicyclic) bond motifs is 1. The lowest BCUT2D eigenvalue weighted by molar-refractivity contribution is 0.891. The SMILES string of the molecule is CC.Cc1ccc2c(c1)ncc(=O)n2C. The average molecular weight is 204 g/mol. The van der Waals surface area contributed by atoms with Gasteiger partial charge in [0.2, 0.25) is 0 Å². The smallest absolute Gasteiger partial charge is 0.269 e. The second kappa shape index (κ2) is 4.73. The van der Waals surface area contributed by atoms with Crippen molar-refractivity contribution in [2.24, 2.45) is 7.05 Å². The normalized spacial score (nSPS) is 9.60. The highest BCUT2D eigenvalue weighted by molar-refractivity contribution is 5.75. The van der Waals surface area contributed by atoms with Gasteiger partial charge >= 0.3 is 0 Å². The Hall–Kier alpha value is -1.64. The third-order valence-electron chi connectivity index (χ3n) is 2.14. The number of aryl methyl sites for hydroxylation is 2. The van der Waals surface area contributed by atoms with Gasteiger partial charge in [0.15, 0.2) is 0 Å². The molecule has 0 saturated heterocycles. The fraction of sp³-hybridized carbons (Fsp3) is 0.333. The van der Waals surface area contributed by atoms with Gasteiger partial charge in [-0.05, 0) is 24.6 Å². The highest BCUT2D eigenvalue weighted by Gasteiger charge is 1.99. The second-order valence-electron chi connectivity index (χ2n) is 3.15. The molecular weight excluding hydrogens is 188 g/mol. The van der Waals surface area contributed by atoms with Crippen molar-refractivity contribution in [2.45, 2.75) is 20.8 Å². The van der Waals surface area contributed by atoms with Crippen molar-refractivity contribution < 1.29 is 0 Å². The van der Waals surface area contributed by atoms with Crippen LogP contribution in [0, 0.1) is 6.92 Å². The number of hydrogen-bond acceptors (Lipinski definition) is 2. The first-order chi connectivity index (χ1) is 7.18. The van der Waals surface area contributed by atoms with E-state index in [9.17, 15) is 4.79 Å². The molecule has 0 atom stereocenters. The van der Waals surface area contributed by atoms with E-state index < -0.39 is 0 Å². The molecule has 1 aromatic heterocycles. The molecule has 0 aliphatic heterocycles. The van der Waals surface area contributed by atoms with E-state index in [1.165, 1.54) is 6.20 Å². The molecule has 3 nitrogen and oxygen atoms in total. The highest BCUT2D eigenvalue weighted by Crippen LogP contribution is 2.09. The van der Waals surface area contributed by atoms with Crippen molar-refractivity contribution in [2.75, 3.05) is 0 Å². The van der Waals surface area contributed by atoms with Crippen LogP contribution in [0.2, 0.25) is 0 Å². The van der Waals surface area contributed by atoms with Crippen molar-refractivity contribution in [3.63, 3.8) is 0 Å². The van der Waals surface area contributed by atoms with Crippen molar-refractivity contribution in [3.05, 3.63) is 40.3 Å². The van der Waals surface area contributed by atoms with Crippen molar-refractivity contribution in [3.8, 4) is 0 Å². The first-order valence-corrected chi connectivity index (χ1v) is 5.11. The second-order valence-corrected chi connectivity index (χ2v) is 3.15. The Morgan fingerprint density at radius 3 is 2.60 bits per heavy atom. The Balaban J connectivity index is 0.000000531. The van der Waals surface area contributed by atoms with Crippen LogP contribution in [0.1, 0.15) is 19.4 Å². The molecule has 0 unspecified atom stereocenters. The van der Waals surface area contributed by atoms with E-state index in [1.807, 2.05) is 39.0 Å². The van der Waals surface area contributed by atoms with Crippen LogP contribution in [0.15, 0.2) is 29.2 Å². The lowest BCUT2D eigenvalue weighted by atomic mass is 10.2. The maximum Gasteiger partial charge on any atom is 0.269 e. The largest absolute Gasteiger partial charge is 0.309 e. The van der Waals surface area contributed by atoms with Crippen LogP contribution in [-0.4, -0.2) is 9.55 Å². The molecule has 0 amide bonds. The molecule has 0 aliphatic rings. The molecule has 0 aliphatic carbocycles. The molecule has 3 heteroatoms. The van der Waals surface area contributed by atoms with Crippen LogP contribution in [0.5, 0.6) is 0 Å². The molecule has 0 radical (unpaired) electrons. The fourth-order valence-corrected chi connectivity index (χ4v) is 1.35. The van der Waals surface area contributed by atoms with Gasteiger partial charge in [0.1, 0.15) is 0 Å². The third kappa shape index (κ3) is 2.24. The standard InChI is InChI=1S/C10H10N2O.C2H6/c1-7-3-4-9-8(5-7)11-6-10(13)12(9)2;1-2/h3-6H,1-2H3;1-2H3. The van der Waals surface area contributed by atoms with E-state index in [0.717, 1.165) is 16.6 Å². The highest BCUT2D eigenvalue weighted by atomic mass is 16.1. The fourth-order valence-electron chi connectivity index (χ4n) is 1.35. The summed E-state index contributed by atoms with van der Waals surface area (Å²) in [6.07, 6.45) is 1.35. The van der Waals surface area contributed by atoms with Crippen molar-refractivity contribution in [1.29, 1.82) is 0 Å². The van der Waals surface area contributed by atoms with Gasteiger partial charge in [-0.15, -0.1) is 0 Å².